The number of allylic oxidation sites excluding steroid dienone is 4. The molecule has 0 fully saturated rings. The van der Waals surface area contributed by atoms with E-state index >= 15 is 0 Å². The number of carbonyl (C=O) groups excluding carboxylic acids is 3. The molecule has 484 valence electrons. The predicted octanol–water partition coefficient (Wildman–Crippen LogP) is 25.7. The Balaban J connectivity index is 4.09. The zero-order valence-electron chi connectivity index (χ0n) is 55.8. The zero-order chi connectivity index (χ0) is 59.2. The lowest BCUT2D eigenvalue weighted by atomic mass is 10.0. The second-order valence-corrected chi connectivity index (χ2v) is 25.6. The van der Waals surface area contributed by atoms with Crippen LogP contribution in [0, 0.1) is 0 Å². The van der Waals surface area contributed by atoms with E-state index in [1.54, 1.807) is 0 Å². The van der Waals surface area contributed by atoms with Gasteiger partial charge in [0.05, 0.1) is 0 Å². The number of ether oxygens (including phenoxy) is 3. The number of esters is 3. The summed E-state index contributed by atoms with van der Waals surface area (Å²) in [6.07, 6.45) is 88.1. The molecule has 0 rings (SSSR count). The van der Waals surface area contributed by atoms with Crippen molar-refractivity contribution >= 4 is 17.9 Å². The van der Waals surface area contributed by atoms with Gasteiger partial charge in [0.2, 0.25) is 0 Å². The highest BCUT2D eigenvalue weighted by molar-refractivity contribution is 5.71. The van der Waals surface area contributed by atoms with E-state index in [2.05, 4.69) is 45.1 Å². The van der Waals surface area contributed by atoms with Gasteiger partial charge in [-0.1, -0.05) is 385 Å². The molecule has 0 aliphatic carbocycles. The summed E-state index contributed by atoms with van der Waals surface area (Å²) in [5, 5.41) is 0. The van der Waals surface area contributed by atoms with E-state index in [1.165, 1.54) is 308 Å². The Hall–Kier alpha value is -2.11. The highest BCUT2D eigenvalue weighted by Crippen LogP contribution is 2.20. The summed E-state index contributed by atoms with van der Waals surface area (Å²) in [5.74, 6) is -0.851. The van der Waals surface area contributed by atoms with E-state index in [9.17, 15) is 14.4 Å². The van der Waals surface area contributed by atoms with Crippen molar-refractivity contribution in [1.82, 2.24) is 0 Å². The van der Waals surface area contributed by atoms with Crippen LogP contribution in [0.3, 0.4) is 0 Å². The summed E-state index contributed by atoms with van der Waals surface area (Å²) in [6, 6.07) is 0. The fourth-order valence-corrected chi connectivity index (χ4v) is 11.6. The molecular formula is C76H144O6. The molecular weight excluding hydrogens is 1010 g/mol. The maximum absolute atomic E-state index is 12.9. The fraction of sp³-hybridized carbons (Fsp3) is 0.908. The molecule has 0 saturated carbocycles. The van der Waals surface area contributed by atoms with Crippen LogP contribution in [0.4, 0.5) is 0 Å². The van der Waals surface area contributed by atoms with Crippen molar-refractivity contribution in [3.63, 3.8) is 0 Å². The van der Waals surface area contributed by atoms with Crippen LogP contribution in [0.2, 0.25) is 0 Å². The van der Waals surface area contributed by atoms with Gasteiger partial charge in [0.1, 0.15) is 13.2 Å². The lowest BCUT2D eigenvalue weighted by Crippen LogP contribution is -2.30. The van der Waals surface area contributed by atoms with Crippen molar-refractivity contribution in [3.05, 3.63) is 24.3 Å². The third kappa shape index (κ3) is 68.7. The number of unbranched alkanes of at least 4 members (excludes halogenated alkanes) is 55. The highest BCUT2D eigenvalue weighted by Gasteiger charge is 2.20. The van der Waals surface area contributed by atoms with Gasteiger partial charge in [-0.2, -0.15) is 0 Å². The van der Waals surface area contributed by atoms with Crippen LogP contribution in [0.5, 0.6) is 0 Å². The lowest BCUT2D eigenvalue weighted by molar-refractivity contribution is -0.167. The molecule has 0 amide bonds. The minimum absolute atomic E-state index is 0.0693. The second kappa shape index (κ2) is 71.4. The third-order valence-electron chi connectivity index (χ3n) is 17.2. The summed E-state index contributed by atoms with van der Waals surface area (Å²) in [5.41, 5.74) is 0. The maximum Gasteiger partial charge on any atom is 0.306 e. The first kappa shape index (κ1) is 79.9. The average Bonchev–Trinajstić information content (AvgIpc) is 3.48. The fourth-order valence-electron chi connectivity index (χ4n) is 11.6. The molecule has 1 atom stereocenters. The lowest BCUT2D eigenvalue weighted by Gasteiger charge is -2.18. The topological polar surface area (TPSA) is 78.9 Å². The van der Waals surface area contributed by atoms with E-state index in [-0.39, 0.29) is 31.1 Å². The molecule has 0 bridgehead atoms. The normalized spacial score (nSPS) is 12.1. The van der Waals surface area contributed by atoms with Crippen molar-refractivity contribution < 1.29 is 28.6 Å². The molecule has 0 aromatic carbocycles. The summed E-state index contributed by atoms with van der Waals surface area (Å²) < 4.78 is 17.0. The SMILES string of the molecule is CCCC/C=C\C/C=C\CCCCCCCC(=O)OCC(COC(=O)CCCCCCCCCCCCCCCCCCCCCCCCCCCCCCCCCCC)OC(=O)CCCCCCCCCCCCCCCCCCC. The molecule has 0 radical (unpaired) electrons. The number of hydrogen-bond acceptors (Lipinski definition) is 6. The molecule has 0 aromatic rings. The highest BCUT2D eigenvalue weighted by atomic mass is 16.6. The summed E-state index contributed by atoms with van der Waals surface area (Å²) in [4.78, 5) is 38.4. The van der Waals surface area contributed by atoms with Crippen LogP contribution in [-0.2, 0) is 28.6 Å². The Bertz CT molecular complexity index is 1320. The van der Waals surface area contributed by atoms with E-state index in [4.69, 9.17) is 14.2 Å². The van der Waals surface area contributed by atoms with Crippen molar-refractivity contribution in [2.75, 3.05) is 13.2 Å². The predicted molar refractivity (Wildman–Crippen MR) is 358 cm³/mol. The van der Waals surface area contributed by atoms with Crippen molar-refractivity contribution in [1.29, 1.82) is 0 Å². The number of carbonyl (C=O) groups is 3. The van der Waals surface area contributed by atoms with E-state index in [1.807, 2.05) is 0 Å². The van der Waals surface area contributed by atoms with Crippen molar-refractivity contribution in [2.24, 2.45) is 0 Å². The molecule has 6 heteroatoms. The van der Waals surface area contributed by atoms with Crippen LogP contribution in [0.1, 0.15) is 425 Å². The number of hydrogen-bond donors (Lipinski definition) is 0. The smallest absolute Gasteiger partial charge is 0.306 e. The quantitative estimate of drug-likeness (QED) is 0.0261. The molecule has 0 saturated heterocycles. The average molecular weight is 1150 g/mol. The van der Waals surface area contributed by atoms with Gasteiger partial charge in [-0.05, 0) is 44.9 Å². The Morgan fingerprint density at radius 3 is 0.707 bits per heavy atom. The second-order valence-electron chi connectivity index (χ2n) is 25.6. The van der Waals surface area contributed by atoms with Gasteiger partial charge in [0, 0.05) is 19.3 Å². The first-order chi connectivity index (χ1) is 40.5. The summed E-state index contributed by atoms with van der Waals surface area (Å²) in [6.45, 7) is 6.67. The minimum atomic E-state index is -0.774. The molecule has 0 spiro atoms. The van der Waals surface area contributed by atoms with Gasteiger partial charge < -0.3 is 14.2 Å². The first-order valence-electron chi connectivity index (χ1n) is 37.3. The largest absolute Gasteiger partial charge is 0.462 e. The Morgan fingerprint density at radius 1 is 0.244 bits per heavy atom. The van der Waals surface area contributed by atoms with Gasteiger partial charge in [-0.15, -0.1) is 0 Å². The third-order valence-corrected chi connectivity index (χ3v) is 17.2. The summed E-state index contributed by atoms with van der Waals surface area (Å²) in [7, 11) is 0. The van der Waals surface area contributed by atoms with Gasteiger partial charge >= 0.3 is 17.9 Å². The monoisotopic (exact) mass is 1150 g/mol. The van der Waals surface area contributed by atoms with Crippen molar-refractivity contribution in [2.45, 2.75) is 431 Å². The Kier molecular flexibility index (Phi) is 69.5. The molecule has 0 N–H and O–H groups in total. The number of rotatable bonds is 70. The zero-order valence-corrected chi connectivity index (χ0v) is 55.8. The Morgan fingerprint density at radius 2 is 0.451 bits per heavy atom. The Labute approximate surface area is 513 Å². The molecule has 0 aliphatic heterocycles. The molecule has 0 heterocycles. The molecule has 1 unspecified atom stereocenters. The van der Waals surface area contributed by atoms with Crippen LogP contribution in [-0.4, -0.2) is 37.2 Å². The van der Waals surface area contributed by atoms with E-state index < -0.39 is 6.10 Å². The minimum Gasteiger partial charge on any atom is -0.462 e. The van der Waals surface area contributed by atoms with Crippen LogP contribution >= 0.6 is 0 Å². The van der Waals surface area contributed by atoms with Crippen LogP contribution in [0.25, 0.3) is 0 Å². The molecule has 82 heavy (non-hydrogen) atoms. The van der Waals surface area contributed by atoms with Gasteiger partial charge in [-0.25, -0.2) is 0 Å². The van der Waals surface area contributed by atoms with Gasteiger partial charge in [0.25, 0.3) is 0 Å². The standard InChI is InChI=1S/C76H144O6/c1-4-7-10-13-16-19-22-25-28-30-31-32-33-34-35-36-37-38-39-40-41-42-43-44-45-47-48-51-54-57-60-63-66-69-75(78)81-72-73(71-80-74(77)68-65-62-59-56-53-50-27-24-21-18-15-12-9-6-3)82-76(79)70-67-64-61-58-55-52-49-46-29-26-23-20-17-14-11-8-5-2/h15,18,24,27,73H,4-14,16-17,19-23,25-26,28-72H2,1-3H3/b18-15-,27-24-. The van der Waals surface area contributed by atoms with Gasteiger partial charge in [-0.3, -0.25) is 14.4 Å². The molecule has 6 nitrogen and oxygen atoms in total. The van der Waals surface area contributed by atoms with Crippen LogP contribution < -0.4 is 0 Å². The summed E-state index contributed by atoms with van der Waals surface area (Å²) >= 11 is 0. The van der Waals surface area contributed by atoms with Crippen molar-refractivity contribution in [3.8, 4) is 0 Å². The van der Waals surface area contributed by atoms with Gasteiger partial charge in [0.15, 0.2) is 6.10 Å². The van der Waals surface area contributed by atoms with E-state index in [0.717, 1.165) is 77.0 Å². The molecule has 0 aliphatic rings. The van der Waals surface area contributed by atoms with Crippen LogP contribution in [0.15, 0.2) is 24.3 Å². The maximum atomic E-state index is 12.9. The molecule has 0 aromatic heterocycles. The van der Waals surface area contributed by atoms with E-state index in [0.29, 0.717) is 19.3 Å². The first-order valence-corrected chi connectivity index (χ1v) is 37.3.